The molecule has 1 aliphatic carbocycles. The number of carbonyl (C=O) groups excluding carboxylic acids is 2. The fourth-order valence-electron chi connectivity index (χ4n) is 4.15. The molecule has 1 N–H and O–H groups in total. The fraction of sp³-hybridized carbons (Fsp3) is 0.429. The molecule has 5 rings (SSSR count). The number of pyridine rings is 1. The van der Waals surface area contributed by atoms with Gasteiger partial charge in [0, 0.05) is 18.7 Å². The maximum Gasteiger partial charge on any atom is 0.341 e. The molecule has 0 radical (unpaired) electrons. The third kappa shape index (κ3) is 3.08. The van der Waals surface area contributed by atoms with Crippen LogP contribution in [0.4, 0.5) is 0 Å². The Kier molecular flexibility index (Phi) is 4.34. The third-order valence-electron chi connectivity index (χ3n) is 5.73. The van der Waals surface area contributed by atoms with Crippen molar-refractivity contribution in [1.82, 2.24) is 24.7 Å². The zero-order chi connectivity index (χ0) is 20.0. The summed E-state index contributed by atoms with van der Waals surface area (Å²) in [7, 11) is 1.37. The van der Waals surface area contributed by atoms with Crippen LogP contribution in [-0.4, -0.2) is 38.4 Å². The van der Waals surface area contributed by atoms with Gasteiger partial charge in [-0.3, -0.25) is 9.48 Å². The highest BCUT2D eigenvalue weighted by atomic mass is 16.5. The van der Waals surface area contributed by atoms with Crippen LogP contribution in [0.3, 0.4) is 0 Å². The lowest BCUT2D eigenvalue weighted by Crippen LogP contribution is -2.25. The van der Waals surface area contributed by atoms with E-state index in [-0.39, 0.29) is 12.5 Å². The lowest BCUT2D eigenvalue weighted by Gasteiger charge is -2.13. The Morgan fingerprint density at radius 2 is 2.07 bits per heavy atom. The average molecular weight is 393 g/mol. The predicted octanol–water partition coefficient (Wildman–Crippen LogP) is 2.46. The zero-order valence-electron chi connectivity index (χ0n) is 16.4. The predicted molar refractivity (Wildman–Crippen MR) is 105 cm³/mol. The van der Waals surface area contributed by atoms with Crippen molar-refractivity contribution in [2.24, 2.45) is 0 Å². The molecule has 1 saturated carbocycles. The molecule has 0 bridgehead atoms. The molecule has 1 amide bonds. The highest BCUT2D eigenvalue weighted by Gasteiger charge is 2.33. The Morgan fingerprint density at radius 3 is 2.86 bits per heavy atom. The molecule has 8 heteroatoms. The van der Waals surface area contributed by atoms with E-state index in [0.29, 0.717) is 22.7 Å². The Balaban J connectivity index is 1.45. The molecule has 3 aromatic rings. The van der Waals surface area contributed by atoms with Crippen molar-refractivity contribution in [2.75, 3.05) is 7.11 Å². The van der Waals surface area contributed by atoms with Gasteiger partial charge in [0.15, 0.2) is 0 Å². The number of nitrogens with one attached hydrogen (secondary N) is 1. The van der Waals surface area contributed by atoms with Gasteiger partial charge < -0.3 is 10.1 Å². The minimum atomic E-state index is -0.396. The van der Waals surface area contributed by atoms with E-state index in [1.807, 2.05) is 29.1 Å². The SMILES string of the molecule is COC(=O)c1c(CNC(=O)c2c(C3CC3)nn3ccccc23)nn2c1CCCC2. The summed E-state index contributed by atoms with van der Waals surface area (Å²) in [5, 5.41) is 12.2. The second-order valence-electron chi connectivity index (χ2n) is 7.69. The van der Waals surface area contributed by atoms with Crippen LogP contribution in [0.15, 0.2) is 24.4 Å². The van der Waals surface area contributed by atoms with Gasteiger partial charge in [0.25, 0.3) is 5.91 Å². The summed E-state index contributed by atoms with van der Waals surface area (Å²) in [5.41, 5.74) is 4.23. The minimum absolute atomic E-state index is 0.178. The van der Waals surface area contributed by atoms with Crippen LogP contribution in [0.25, 0.3) is 5.52 Å². The van der Waals surface area contributed by atoms with E-state index in [4.69, 9.17) is 4.74 Å². The quantitative estimate of drug-likeness (QED) is 0.673. The molecule has 4 heterocycles. The van der Waals surface area contributed by atoms with E-state index in [1.165, 1.54) is 7.11 Å². The number of hydrogen-bond donors (Lipinski definition) is 1. The summed E-state index contributed by atoms with van der Waals surface area (Å²) in [6, 6.07) is 5.71. The maximum absolute atomic E-state index is 13.1. The van der Waals surface area contributed by atoms with Gasteiger partial charge in [0.1, 0.15) is 5.56 Å². The van der Waals surface area contributed by atoms with Crippen LogP contribution in [0.5, 0.6) is 0 Å². The van der Waals surface area contributed by atoms with Crippen LogP contribution in [0.2, 0.25) is 0 Å². The summed E-state index contributed by atoms with van der Waals surface area (Å²) < 4.78 is 8.62. The van der Waals surface area contributed by atoms with Crippen molar-refractivity contribution in [2.45, 2.75) is 51.1 Å². The number of nitrogens with zero attached hydrogens (tertiary/aromatic N) is 4. The van der Waals surface area contributed by atoms with E-state index in [1.54, 1.807) is 4.52 Å². The van der Waals surface area contributed by atoms with Gasteiger partial charge in [-0.2, -0.15) is 10.2 Å². The summed E-state index contributed by atoms with van der Waals surface area (Å²) >= 11 is 0. The van der Waals surface area contributed by atoms with E-state index >= 15 is 0 Å². The summed E-state index contributed by atoms with van der Waals surface area (Å²) in [4.78, 5) is 25.5. The van der Waals surface area contributed by atoms with Crippen LogP contribution in [0.1, 0.15) is 69.4 Å². The summed E-state index contributed by atoms with van der Waals surface area (Å²) in [6.07, 6.45) is 6.83. The van der Waals surface area contributed by atoms with Crippen molar-refractivity contribution >= 4 is 17.4 Å². The molecule has 29 heavy (non-hydrogen) atoms. The molecular weight excluding hydrogens is 370 g/mol. The lowest BCUT2D eigenvalue weighted by molar-refractivity contribution is 0.0597. The summed E-state index contributed by atoms with van der Waals surface area (Å²) in [5.74, 6) is -0.233. The first-order chi connectivity index (χ1) is 14.2. The van der Waals surface area contributed by atoms with Crippen LogP contribution in [0, 0.1) is 0 Å². The van der Waals surface area contributed by atoms with Crippen LogP contribution < -0.4 is 5.32 Å². The largest absolute Gasteiger partial charge is 0.465 e. The van der Waals surface area contributed by atoms with Crippen molar-refractivity contribution in [1.29, 1.82) is 0 Å². The van der Waals surface area contributed by atoms with E-state index in [2.05, 4.69) is 15.5 Å². The normalized spacial score (nSPS) is 15.9. The molecule has 0 spiro atoms. The standard InChI is InChI=1S/C21H23N5O3/c1-29-21(28)17-14(23-25-10-4-2-6-15(17)25)12-22-20(27)18-16-7-3-5-11-26(16)24-19(18)13-8-9-13/h3,5,7,11,13H,2,4,6,8-10,12H2,1H3,(H,22,27). The molecule has 0 aromatic carbocycles. The molecule has 3 aromatic heterocycles. The third-order valence-corrected chi connectivity index (χ3v) is 5.73. The van der Waals surface area contributed by atoms with E-state index < -0.39 is 5.97 Å². The van der Waals surface area contributed by atoms with E-state index in [0.717, 1.165) is 55.6 Å². The Bertz CT molecular complexity index is 1110. The van der Waals surface area contributed by atoms with Gasteiger partial charge in [-0.1, -0.05) is 6.07 Å². The number of aromatic nitrogens is 4. The van der Waals surface area contributed by atoms with Gasteiger partial charge in [-0.05, 0) is 44.2 Å². The fourth-order valence-corrected chi connectivity index (χ4v) is 4.15. The number of ether oxygens (including phenoxy) is 1. The Hall–Kier alpha value is -3.16. The summed E-state index contributed by atoms with van der Waals surface area (Å²) in [6.45, 7) is 0.963. The first-order valence-corrected chi connectivity index (χ1v) is 10.1. The van der Waals surface area contributed by atoms with Gasteiger partial charge in [-0.15, -0.1) is 0 Å². The molecule has 1 fully saturated rings. The molecule has 0 atom stereocenters. The number of fused-ring (bicyclic) bond motifs is 2. The highest BCUT2D eigenvalue weighted by molar-refractivity contribution is 6.02. The maximum atomic E-state index is 13.1. The molecule has 0 unspecified atom stereocenters. The van der Waals surface area contributed by atoms with Gasteiger partial charge >= 0.3 is 5.97 Å². The number of amides is 1. The van der Waals surface area contributed by atoms with Crippen molar-refractivity contribution < 1.29 is 14.3 Å². The molecule has 0 saturated heterocycles. The number of aryl methyl sites for hydroxylation is 1. The number of hydrogen-bond acceptors (Lipinski definition) is 5. The van der Waals surface area contributed by atoms with Crippen molar-refractivity contribution in [3.05, 3.63) is 52.6 Å². The highest BCUT2D eigenvalue weighted by Crippen LogP contribution is 2.41. The molecule has 1 aliphatic heterocycles. The average Bonchev–Trinajstić information content (AvgIpc) is 3.42. The number of esters is 1. The van der Waals surface area contributed by atoms with Crippen molar-refractivity contribution in [3.63, 3.8) is 0 Å². The van der Waals surface area contributed by atoms with Crippen LogP contribution in [-0.2, 0) is 24.2 Å². The molecular formula is C21H23N5O3. The molecule has 8 nitrogen and oxygen atoms in total. The van der Waals surface area contributed by atoms with Crippen LogP contribution >= 0.6 is 0 Å². The number of methoxy groups -OCH3 is 1. The number of carbonyl (C=O) groups is 2. The van der Waals surface area contributed by atoms with Gasteiger partial charge in [-0.25, -0.2) is 9.31 Å². The second kappa shape index (κ2) is 7.02. The van der Waals surface area contributed by atoms with Gasteiger partial charge in [0.05, 0.1) is 41.8 Å². The van der Waals surface area contributed by atoms with E-state index in [9.17, 15) is 9.59 Å². The number of rotatable bonds is 5. The lowest BCUT2D eigenvalue weighted by atomic mass is 10.0. The smallest absolute Gasteiger partial charge is 0.341 e. The Morgan fingerprint density at radius 1 is 1.21 bits per heavy atom. The first kappa shape index (κ1) is 17.9. The molecule has 2 aliphatic rings. The Labute approximate surface area is 167 Å². The minimum Gasteiger partial charge on any atom is -0.465 e. The molecule has 150 valence electrons. The van der Waals surface area contributed by atoms with Crippen molar-refractivity contribution in [3.8, 4) is 0 Å². The first-order valence-electron chi connectivity index (χ1n) is 10.1. The second-order valence-corrected chi connectivity index (χ2v) is 7.69. The van der Waals surface area contributed by atoms with Gasteiger partial charge in [0.2, 0.25) is 0 Å². The monoisotopic (exact) mass is 393 g/mol. The zero-order valence-corrected chi connectivity index (χ0v) is 16.4. The topological polar surface area (TPSA) is 90.5 Å².